The number of carbonyl (C=O) groups excluding carboxylic acids is 1. The Morgan fingerprint density at radius 1 is 1.16 bits per heavy atom. The monoisotopic (exact) mass is 337 g/mol. The fourth-order valence-corrected chi connectivity index (χ4v) is 2.23. The van der Waals surface area contributed by atoms with E-state index in [0.717, 1.165) is 11.1 Å². The van der Waals surface area contributed by atoms with E-state index in [4.69, 9.17) is 9.26 Å². The van der Waals surface area contributed by atoms with Crippen LogP contribution >= 0.6 is 0 Å². The summed E-state index contributed by atoms with van der Waals surface area (Å²) in [5.41, 5.74) is 1.80. The second-order valence-corrected chi connectivity index (χ2v) is 5.45. The van der Waals surface area contributed by atoms with Crippen molar-refractivity contribution >= 4 is 5.91 Å². The fraction of sp³-hybridized carbons (Fsp3) is 0.211. The highest BCUT2D eigenvalue weighted by Gasteiger charge is 2.09. The van der Waals surface area contributed by atoms with Crippen LogP contribution in [0.15, 0.2) is 59.1 Å². The molecule has 0 atom stereocenters. The van der Waals surface area contributed by atoms with Crippen molar-refractivity contribution in [1.29, 1.82) is 0 Å². The number of aryl methyl sites for hydroxylation is 1. The number of amides is 1. The molecule has 0 saturated carbocycles. The fourth-order valence-electron chi connectivity index (χ4n) is 2.23. The number of rotatable bonds is 7. The van der Waals surface area contributed by atoms with Gasteiger partial charge in [-0.05, 0) is 23.8 Å². The lowest BCUT2D eigenvalue weighted by Gasteiger charge is -2.08. The lowest BCUT2D eigenvalue weighted by atomic mass is 10.2. The number of nitrogens with zero attached hydrogens (tertiary/aromatic N) is 2. The molecule has 1 N–H and O–H groups in total. The Balaban J connectivity index is 1.54. The van der Waals surface area contributed by atoms with E-state index in [1.807, 2.05) is 49.4 Å². The summed E-state index contributed by atoms with van der Waals surface area (Å²) in [6.45, 7) is 2.38. The molecule has 1 amide bonds. The van der Waals surface area contributed by atoms with Gasteiger partial charge in [0.15, 0.2) is 12.4 Å². The molecule has 128 valence electrons. The summed E-state index contributed by atoms with van der Waals surface area (Å²) < 4.78 is 10.8. The average Bonchev–Trinajstić information content (AvgIpc) is 3.15. The smallest absolute Gasteiger partial charge is 0.258 e. The Labute approximate surface area is 145 Å². The predicted molar refractivity (Wildman–Crippen MR) is 92.9 cm³/mol. The van der Waals surface area contributed by atoms with Gasteiger partial charge in [-0.1, -0.05) is 48.5 Å². The number of nitrogens with one attached hydrogen (secondary N) is 1. The maximum absolute atomic E-state index is 11.9. The molecule has 25 heavy (non-hydrogen) atoms. The van der Waals surface area contributed by atoms with Crippen LogP contribution in [0.25, 0.3) is 11.5 Å². The molecule has 3 aromatic rings. The van der Waals surface area contributed by atoms with Gasteiger partial charge in [-0.3, -0.25) is 4.79 Å². The number of ether oxygens (including phenoxy) is 1. The van der Waals surface area contributed by atoms with E-state index in [2.05, 4.69) is 15.5 Å². The second-order valence-electron chi connectivity index (χ2n) is 5.45. The van der Waals surface area contributed by atoms with Gasteiger partial charge >= 0.3 is 0 Å². The number of benzene rings is 2. The van der Waals surface area contributed by atoms with Crippen molar-refractivity contribution in [3.8, 4) is 17.2 Å². The molecule has 1 aromatic heterocycles. The summed E-state index contributed by atoms with van der Waals surface area (Å²) in [6, 6.07) is 17.0. The molecular formula is C19H19N3O3. The molecular weight excluding hydrogens is 318 g/mol. The van der Waals surface area contributed by atoms with E-state index in [0.29, 0.717) is 30.4 Å². The van der Waals surface area contributed by atoms with Crippen LogP contribution in [-0.4, -0.2) is 22.7 Å². The molecule has 0 radical (unpaired) electrons. The van der Waals surface area contributed by atoms with Crippen LogP contribution < -0.4 is 10.1 Å². The van der Waals surface area contributed by atoms with Crippen molar-refractivity contribution in [2.45, 2.75) is 19.9 Å². The lowest BCUT2D eigenvalue weighted by Crippen LogP contribution is -2.28. The Morgan fingerprint density at radius 3 is 2.76 bits per heavy atom. The zero-order chi connectivity index (χ0) is 17.5. The van der Waals surface area contributed by atoms with E-state index in [-0.39, 0.29) is 12.5 Å². The largest absolute Gasteiger partial charge is 0.484 e. The molecule has 0 bridgehead atoms. The maximum Gasteiger partial charge on any atom is 0.258 e. The highest BCUT2D eigenvalue weighted by atomic mass is 16.5. The highest BCUT2D eigenvalue weighted by molar-refractivity contribution is 5.77. The Hall–Kier alpha value is -3.15. The summed E-state index contributed by atoms with van der Waals surface area (Å²) >= 11 is 0. The topological polar surface area (TPSA) is 77.2 Å². The van der Waals surface area contributed by atoms with Crippen LogP contribution in [0.2, 0.25) is 0 Å². The summed E-state index contributed by atoms with van der Waals surface area (Å²) in [6.07, 6.45) is 0.710. The first-order valence-electron chi connectivity index (χ1n) is 8.11. The first-order valence-corrected chi connectivity index (χ1v) is 8.11. The molecule has 0 fully saturated rings. The molecule has 0 aliphatic rings. The predicted octanol–water partition coefficient (Wildman–Crippen LogP) is 2.99. The molecule has 1 heterocycles. The minimum Gasteiger partial charge on any atom is -0.484 e. The van der Waals surface area contributed by atoms with Crippen molar-refractivity contribution in [2.24, 2.45) is 0 Å². The van der Waals surface area contributed by atoms with Crippen molar-refractivity contribution in [2.75, 3.05) is 6.61 Å². The van der Waals surface area contributed by atoms with Gasteiger partial charge in [-0.15, -0.1) is 0 Å². The summed E-state index contributed by atoms with van der Waals surface area (Å²) in [5.74, 6) is 1.49. The first-order chi connectivity index (χ1) is 12.2. The van der Waals surface area contributed by atoms with Crippen LogP contribution in [0.4, 0.5) is 0 Å². The van der Waals surface area contributed by atoms with Crippen molar-refractivity contribution in [1.82, 2.24) is 15.5 Å². The van der Waals surface area contributed by atoms with Crippen LogP contribution in [0.5, 0.6) is 5.75 Å². The third kappa shape index (κ3) is 4.67. The Kier molecular flexibility index (Phi) is 5.41. The molecule has 0 saturated heterocycles. The molecule has 0 aliphatic carbocycles. The van der Waals surface area contributed by atoms with E-state index in [1.165, 1.54) is 0 Å². The van der Waals surface area contributed by atoms with Gasteiger partial charge in [0.2, 0.25) is 0 Å². The van der Waals surface area contributed by atoms with Gasteiger partial charge in [0.1, 0.15) is 5.75 Å². The Morgan fingerprint density at radius 2 is 2.00 bits per heavy atom. The zero-order valence-electron chi connectivity index (χ0n) is 13.9. The Bertz CT molecular complexity index is 831. The van der Waals surface area contributed by atoms with Gasteiger partial charge in [0.25, 0.3) is 11.8 Å². The van der Waals surface area contributed by atoms with Gasteiger partial charge in [0.05, 0.1) is 0 Å². The quantitative estimate of drug-likeness (QED) is 0.717. The highest BCUT2D eigenvalue weighted by Crippen LogP contribution is 2.22. The molecule has 0 spiro atoms. The zero-order valence-corrected chi connectivity index (χ0v) is 13.9. The van der Waals surface area contributed by atoms with Crippen LogP contribution in [0.3, 0.4) is 0 Å². The third-order valence-corrected chi connectivity index (χ3v) is 3.57. The third-order valence-electron chi connectivity index (χ3n) is 3.57. The standard InChI is InChI=1S/C19H19N3O3/c1-2-17-21-19(25-22-17)15-9-6-10-16(11-15)24-13-18(23)20-12-14-7-4-3-5-8-14/h3-11H,2,12-13H2,1H3,(H,20,23). The van der Waals surface area contributed by atoms with Crippen molar-refractivity contribution < 1.29 is 14.1 Å². The minimum atomic E-state index is -0.180. The van der Waals surface area contributed by atoms with Crippen molar-refractivity contribution in [3.63, 3.8) is 0 Å². The van der Waals surface area contributed by atoms with E-state index in [1.54, 1.807) is 12.1 Å². The molecule has 2 aromatic carbocycles. The summed E-state index contributed by atoms with van der Waals surface area (Å²) in [7, 11) is 0. The number of carbonyl (C=O) groups is 1. The summed E-state index contributed by atoms with van der Waals surface area (Å²) in [5, 5.41) is 6.70. The van der Waals surface area contributed by atoms with Crippen LogP contribution in [0, 0.1) is 0 Å². The average molecular weight is 337 g/mol. The van der Waals surface area contributed by atoms with Gasteiger partial charge in [-0.2, -0.15) is 4.98 Å². The van der Waals surface area contributed by atoms with E-state index < -0.39 is 0 Å². The van der Waals surface area contributed by atoms with Crippen LogP contribution in [-0.2, 0) is 17.8 Å². The molecule has 6 heteroatoms. The van der Waals surface area contributed by atoms with Gasteiger partial charge in [-0.25, -0.2) is 0 Å². The van der Waals surface area contributed by atoms with Gasteiger partial charge in [0, 0.05) is 18.5 Å². The van der Waals surface area contributed by atoms with Crippen LogP contribution in [0.1, 0.15) is 18.3 Å². The molecule has 0 unspecified atom stereocenters. The normalized spacial score (nSPS) is 10.4. The minimum absolute atomic E-state index is 0.0552. The second kappa shape index (κ2) is 8.10. The number of aromatic nitrogens is 2. The number of hydrogen-bond donors (Lipinski definition) is 1. The molecule has 0 aliphatic heterocycles. The van der Waals surface area contributed by atoms with E-state index in [9.17, 15) is 4.79 Å². The lowest BCUT2D eigenvalue weighted by molar-refractivity contribution is -0.123. The van der Waals surface area contributed by atoms with Gasteiger partial charge < -0.3 is 14.6 Å². The SMILES string of the molecule is CCc1noc(-c2cccc(OCC(=O)NCc3ccccc3)c2)n1. The van der Waals surface area contributed by atoms with Crippen molar-refractivity contribution in [3.05, 3.63) is 66.0 Å². The summed E-state index contributed by atoms with van der Waals surface area (Å²) in [4.78, 5) is 16.2. The first kappa shape index (κ1) is 16.7. The van der Waals surface area contributed by atoms with E-state index >= 15 is 0 Å². The maximum atomic E-state index is 11.9. The molecule has 6 nitrogen and oxygen atoms in total. The number of hydrogen-bond acceptors (Lipinski definition) is 5. The molecule has 3 rings (SSSR count).